The second-order valence-electron chi connectivity index (χ2n) is 9.04. The van der Waals surface area contributed by atoms with Crippen molar-refractivity contribution in [1.29, 1.82) is 0 Å². The molecule has 39 heavy (non-hydrogen) atoms. The molecule has 0 unspecified atom stereocenters. The lowest BCUT2D eigenvalue weighted by Gasteiger charge is -2.19. The minimum atomic E-state index is -4.44. The highest BCUT2D eigenvalue weighted by atomic mass is 35.5. The van der Waals surface area contributed by atoms with Crippen LogP contribution < -0.4 is 15.5 Å². The zero-order valence-electron chi connectivity index (χ0n) is 20.8. The van der Waals surface area contributed by atoms with Crippen molar-refractivity contribution in [3.8, 4) is 11.3 Å². The summed E-state index contributed by atoms with van der Waals surface area (Å²) in [7, 11) is -3.73. The lowest BCUT2D eigenvalue weighted by molar-refractivity contribution is -0.137. The quantitative estimate of drug-likeness (QED) is 0.340. The number of nitrogens with zero attached hydrogens (tertiary/aromatic N) is 2. The van der Waals surface area contributed by atoms with Gasteiger partial charge in [0.05, 0.1) is 21.8 Å². The number of nitrogens with one attached hydrogen (secondary N) is 2. The number of anilines is 1. The van der Waals surface area contributed by atoms with Gasteiger partial charge in [-0.3, -0.25) is 4.79 Å². The first kappa shape index (κ1) is 28.4. The van der Waals surface area contributed by atoms with E-state index in [4.69, 9.17) is 11.6 Å². The van der Waals surface area contributed by atoms with Crippen LogP contribution >= 0.6 is 11.6 Å². The number of hydrogen-bond acceptors (Lipinski definition) is 6. The summed E-state index contributed by atoms with van der Waals surface area (Å²) in [4.78, 5) is 19.4. The maximum atomic E-state index is 13.0. The SMILES string of the molecule is C=C(NCS(=O)(=O)c1ccc(Cl)cc1)C(=O)NCc1cc(-c2ccc(C(F)(F)F)cc2)nc(N2CCCC2)c1. The lowest BCUT2D eigenvalue weighted by atomic mass is 10.1. The third-order valence-corrected chi connectivity index (χ3v) is 7.95. The van der Waals surface area contributed by atoms with Crippen molar-refractivity contribution in [2.75, 3.05) is 23.9 Å². The Balaban J connectivity index is 1.45. The summed E-state index contributed by atoms with van der Waals surface area (Å²) in [6.07, 6.45) is -2.44. The van der Waals surface area contributed by atoms with E-state index >= 15 is 0 Å². The molecule has 2 N–H and O–H groups in total. The summed E-state index contributed by atoms with van der Waals surface area (Å²) in [5.41, 5.74) is 0.776. The van der Waals surface area contributed by atoms with Gasteiger partial charge in [-0.2, -0.15) is 13.2 Å². The van der Waals surface area contributed by atoms with Crippen LogP contribution in [-0.2, 0) is 27.4 Å². The molecule has 1 aromatic heterocycles. The van der Waals surface area contributed by atoms with Crippen LogP contribution in [0.15, 0.2) is 77.8 Å². The van der Waals surface area contributed by atoms with Gasteiger partial charge in [-0.05, 0) is 66.9 Å². The maximum absolute atomic E-state index is 13.0. The Morgan fingerprint density at radius 2 is 1.64 bits per heavy atom. The van der Waals surface area contributed by atoms with Gasteiger partial charge in [0.1, 0.15) is 11.7 Å². The second-order valence-corrected chi connectivity index (χ2v) is 11.5. The van der Waals surface area contributed by atoms with Gasteiger partial charge in [0.15, 0.2) is 9.84 Å². The number of carbonyl (C=O) groups excluding carboxylic acids is 1. The number of halogens is 4. The standard InChI is InChI=1S/C27H26ClF3N4O3S/c1-18(33-17-39(37,38)23-10-8-22(28)9-11-23)26(36)32-16-19-14-24(34-25(15-19)35-12-2-3-13-35)20-4-6-21(7-5-20)27(29,30)31/h4-11,14-15,33H,1-3,12-13,16-17H2,(H,32,36). The van der Waals surface area contributed by atoms with Crippen molar-refractivity contribution >= 4 is 33.2 Å². The lowest BCUT2D eigenvalue weighted by Crippen LogP contribution is -2.33. The van der Waals surface area contributed by atoms with Crippen LogP contribution in [0.1, 0.15) is 24.0 Å². The molecule has 0 saturated carbocycles. The molecule has 206 valence electrons. The van der Waals surface area contributed by atoms with E-state index < -0.39 is 33.4 Å². The second kappa shape index (κ2) is 11.7. The fourth-order valence-corrected chi connectivity index (χ4v) is 5.24. The highest BCUT2D eigenvalue weighted by Gasteiger charge is 2.30. The normalized spacial score (nSPS) is 13.8. The van der Waals surface area contributed by atoms with Crippen LogP contribution in [0.25, 0.3) is 11.3 Å². The van der Waals surface area contributed by atoms with E-state index in [0.717, 1.165) is 38.1 Å². The van der Waals surface area contributed by atoms with E-state index in [2.05, 4.69) is 27.1 Å². The van der Waals surface area contributed by atoms with E-state index in [1.807, 2.05) is 6.07 Å². The number of sulfone groups is 1. The monoisotopic (exact) mass is 578 g/mol. The predicted octanol–water partition coefficient (Wildman–Crippen LogP) is 5.17. The van der Waals surface area contributed by atoms with Crippen molar-refractivity contribution in [3.63, 3.8) is 0 Å². The van der Waals surface area contributed by atoms with Crippen LogP contribution in [0.4, 0.5) is 19.0 Å². The summed E-state index contributed by atoms with van der Waals surface area (Å²) in [6, 6.07) is 13.9. The first-order valence-corrected chi connectivity index (χ1v) is 14.1. The summed E-state index contributed by atoms with van der Waals surface area (Å²) in [5.74, 6) is -0.468. The summed E-state index contributed by atoms with van der Waals surface area (Å²) in [6.45, 7) is 5.31. The van der Waals surface area contributed by atoms with E-state index in [-0.39, 0.29) is 17.1 Å². The summed E-state index contributed by atoms with van der Waals surface area (Å²) < 4.78 is 64.0. The van der Waals surface area contributed by atoms with E-state index in [1.165, 1.54) is 36.4 Å². The number of rotatable bonds is 9. The molecule has 2 heterocycles. The Kier molecular flexibility index (Phi) is 8.51. The minimum absolute atomic E-state index is 0.0506. The molecule has 1 fully saturated rings. The average molecular weight is 579 g/mol. The number of benzene rings is 2. The van der Waals surface area contributed by atoms with Crippen LogP contribution in [0, 0.1) is 0 Å². The van der Waals surface area contributed by atoms with Crippen molar-refractivity contribution in [3.05, 3.63) is 89.1 Å². The molecular formula is C27H26ClF3N4O3S. The van der Waals surface area contributed by atoms with Gasteiger partial charge in [-0.15, -0.1) is 0 Å². The summed E-state index contributed by atoms with van der Waals surface area (Å²) >= 11 is 5.80. The smallest absolute Gasteiger partial charge is 0.367 e. The van der Waals surface area contributed by atoms with Crippen molar-refractivity contribution in [2.45, 2.75) is 30.5 Å². The number of amides is 1. The number of pyridine rings is 1. The summed E-state index contributed by atoms with van der Waals surface area (Å²) in [5, 5.41) is 5.64. The molecule has 1 amide bonds. The first-order valence-electron chi connectivity index (χ1n) is 12.1. The van der Waals surface area contributed by atoms with Crippen molar-refractivity contribution in [2.24, 2.45) is 0 Å². The highest BCUT2D eigenvalue weighted by molar-refractivity contribution is 7.91. The Labute approximate surface area is 229 Å². The average Bonchev–Trinajstić information content (AvgIpc) is 3.45. The van der Waals surface area contributed by atoms with Gasteiger partial charge >= 0.3 is 6.18 Å². The Bertz CT molecular complexity index is 1460. The zero-order chi connectivity index (χ0) is 28.2. The largest absolute Gasteiger partial charge is 0.416 e. The molecule has 1 aliphatic heterocycles. The third-order valence-electron chi connectivity index (χ3n) is 6.19. The molecule has 4 rings (SSSR count). The Morgan fingerprint density at radius 1 is 1.00 bits per heavy atom. The molecule has 2 aromatic carbocycles. The highest BCUT2D eigenvalue weighted by Crippen LogP contribution is 2.31. The van der Waals surface area contributed by atoms with Crippen LogP contribution in [0.3, 0.4) is 0 Å². The van der Waals surface area contributed by atoms with Gasteiger partial charge < -0.3 is 15.5 Å². The first-order chi connectivity index (χ1) is 18.4. The van der Waals surface area contributed by atoms with E-state index in [9.17, 15) is 26.4 Å². The predicted molar refractivity (Wildman–Crippen MR) is 144 cm³/mol. The van der Waals surface area contributed by atoms with E-state index in [1.54, 1.807) is 6.07 Å². The number of carbonyl (C=O) groups is 1. The topological polar surface area (TPSA) is 91.4 Å². The molecule has 7 nitrogen and oxygen atoms in total. The number of alkyl halides is 3. The van der Waals surface area contributed by atoms with Crippen LogP contribution in [0.5, 0.6) is 0 Å². The van der Waals surface area contributed by atoms with Gasteiger partial charge in [0, 0.05) is 30.2 Å². The third kappa shape index (κ3) is 7.30. The molecule has 1 aliphatic rings. The van der Waals surface area contributed by atoms with Crippen molar-refractivity contribution < 1.29 is 26.4 Å². The fourth-order valence-electron chi connectivity index (χ4n) is 4.04. The molecule has 0 atom stereocenters. The van der Waals surface area contributed by atoms with Gasteiger partial charge in [0.25, 0.3) is 5.91 Å². The molecule has 0 radical (unpaired) electrons. The zero-order valence-corrected chi connectivity index (χ0v) is 22.3. The number of hydrogen-bond donors (Lipinski definition) is 2. The van der Waals surface area contributed by atoms with Crippen LogP contribution in [-0.4, -0.2) is 38.3 Å². The van der Waals surface area contributed by atoms with E-state index in [0.29, 0.717) is 27.7 Å². The maximum Gasteiger partial charge on any atom is 0.416 e. The van der Waals surface area contributed by atoms with Crippen LogP contribution in [0.2, 0.25) is 5.02 Å². The number of aromatic nitrogens is 1. The minimum Gasteiger partial charge on any atom is -0.367 e. The molecule has 3 aromatic rings. The molecule has 0 spiro atoms. The molecular weight excluding hydrogens is 553 g/mol. The van der Waals surface area contributed by atoms with Crippen molar-refractivity contribution in [1.82, 2.24) is 15.6 Å². The molecule has 12 heteroatoms. The molecule has 1 saturated heterocycles. The fraction of sp³-hybridized carbons (Fsp3) is 0.259. The molecule has 0 bridgehead atoms. The van der Waals surface area contributed by atoms with Gasteiger partial charge in [0.2, 0.25) is 0 Å². The Hall–Kier alpha value is -3.57. The van der Waals surface area contributed by atoms with Gasteiger partial charge in [-0.1, -0.05) is 30.3 Å². The molecule has 0 aliphatic carbocycles. The van der Waals surface area contributed by atoms with Gasteiger partial charge in [-0.25, -0.2) is 13.4 Å². The Morgan fingerprint density at radius 3 is 2.26 bits per heavy atom.